The minimum Gasteiger partial charge on any atom is -0.462 e. The third-order valence-corrected chi connectivity index (χ3v) is 9.54. The van der Waals surface area contributed by atoms with Crippen molar-refractivity contribution >= 4 is 19.8 Å². The molecule has 0 rings (SSSR count). The lowest BCUT2D eigenvalue weighted by atomic mass is 10.0. The first-order valence-electron chi connectivity index (χ1n) is 20.7. The molecule has 0 saturated heterocycles. The molecule has 0 amide bonds. The second kappa shape index (κ2) is 37.8. The average molecular weight is 787 g/mol. The number of aliphatic hydroxyl groups is 3. The Morgan fingerprint density at radius 2 is 1.17 bits per heavy atom. The molecule has 0 aliphatic rings. The van der Waals surface area contributed by atoms with Crippen LogP contribution in [-0.4, -0.2) is 76.9 Å². The molecule has 12 heteroatoms. The summed E-state index contributed by atoms with van der Waals surface area (Å²) < 4.78 is 32.5. The fraction of sp³-hybridized carbons (Fsp3) is 0.762. The van der Waals surface area contributed by atoms with Crippen LogP contribution in [0.4, 0.5) is 0 Å². The van der Waals surface area contributed by atoms with Crippen LogP contribution >= 0.6 is 7.82 Å². The van der Waals surface area contributed by atoms with E-state index in [0.717, 1.165) is 38.5 Å². The van der Waals surface area contributed by atoms with Crippen molar-refractivity contribution in [2.75, 3.05) is 26.4 Å². The number of allylic oxidation sites excluding steroid dienone is 7. The predicted octanol–water partition coefficient (Wildman–Crippen LogP) is 9.53. The molecule has 0 bridgehead atoms. The molecule has 0 aromatic rings. The van der Waals surface area contributed by atoms with E-state index < -0.39 is 57.9 Å². The van der Waals surface area contributed by atoms with E-state index in [1.165, 1.54) is 77.0 Å². The number of phosphoric acid groups is 1. The number of unbranched alkanes of at least 4 members (excludes halogenated alkanes) is 15. The molecular formula is C42H75O11P. The number of carbonyl (C=O) groups excluding carboxylic acids is 2. The SMILES string of the molecule is CCCCC/C=C\C/C=C\C/C=C\C=C\[C@H](O)CCCC(=O)O[C@H](COC(=O)CCCCCCCCCCCCCCC)COP(=O)(O)OC[C@@H](O)CO. The second-order valence-electron chi connectivity index (χ2n) is 13.9. The van der Waals surface area contributed by atoms with Gasteiger partial charge in [-0.15, -0.1) is 0 Å². The van der Waals surface area contributed by atoms with Crippen molar-refractivity contribution in [2.24, 2.45) is 0 Å². The molecule has 0 radical (unpaired) electrons. The van der Waals surface area contributed by atoms with Crippen LogP contribution in [0.1, 0.15) is 162 Å². The number of hydrogen-bond acceptors (Lipinski definition) is 10. The first-order valence-corrected chi connectivity index (χ1v) is 22.2. The van der Waals surface area contributed by atoms with Crippen LogP contribution in [0, 0.1) is 0 Å². The first-order chi connectivity index (χ1) is 26.1. The Morgan fingerprint density at radius 3 is 1.80 bits per heavy atom. The normalized spacial score (nSPS) is 15.0. The molecule has 4 atom stereocenters. The van der Waals surface area contributed by atoms with Crippen LogP contribution in [-0.2, 0) is 32.7 Å². The predicted molar refractivity (Wildman–Crippen MR) is 216 cm³/mol. The number of rotatable bonds is 38. The maximum atomic E-state index is 12.6. The van der Waals surface area contributed by atoms with Gasteiger partial charge in [0.25, 0.3) is 0 Å². The Bertz CT molecular complexity index is 1060. The zero-order chi connectivity index (χ0) is 40.0. The molecule has 0 aliphatic heterocycles. The van der Waals surface area contributed by atoms with E-state index in [1.807, 2.05) is 12.2 Å². The Hall–Kier alpha value is -2.11. The quantitative estimate of drug-likeness (QED) is 0.0155. The monoisotopic (exact) mass is 787 g/mol. The highest BCUT2D eigenvalue weighted by Gasteiger charge is 2.27. The Morgan fingerprint density at radius 1 is 0.630 bits per heavy atom. The third-order valence-electron chi connectivity index (χ3n) is 8.59. The lowest BCUT2D eigenvalue weighted by molar-refractivity contribution is -0.161. The van der Waals surface area contributed by atoms with Gasteiger partial charge in [0.15, 0.2) is 6.10 Å². The van der Waals surface area contributed by atoms with Gasteiger partial charge in [0.2, 0.25) is 0 Å². The fourth-order valence-electron chi connectivity index (χ4n) is 5.33. The molecular weight excluding hydrogens is 711 g/mol. The summed E-state index contributed by atoms with van der Waals surface area (Å²) in [6, 6.07) is 0. The highest BCUT2D eigenvalue weighted by Crippen LogP contribution is 2.43. The number of esters is 2. The van der Waals surface area contributed by atoms with Gasteiger partial charge in [0.05, 0.1) is 25.9 Å². The van der Waals surface area contributed by atoms with Gasteiger partial charge in [-0.05, 0) is 44.9 Å². The zero-order valence-corrected chi connectivity index (χ0v) is 34.4. The lowest BCUT2D eigenvalue weighted by Gasteiger charge is -2.20. The van der Waals surface area contributed by atoms with Crippen molar-refractivity contribution < 1.29 is 52.9 Å². The number of carbonyl (C=O) groups is 2. The molecule has 0 aromatic heterocycles. The molecule has 0 aliphatic carbocycles. The van der Waals surface area contributed by atoms with E-state index in [-0.39, 0.29) is 19.4 Å². The third kappa shape index (κ3) is 36.8. The molecule has 0 aromatic carbocycles. The van der Waals surface area contributed by atoms with Crippen LogP contribution in [0.2, 0.25) is 0 Å². The van der Waals surface area contributed by atoms with Crippen LogP contribution in [0.15, 0.2) is 48.6 Å². The molecule has 0 spiro atoms. The molecule has 0 fully saturated rings. The van der Waals surface area contributed by atoms with Crippen molar-refractivity contribution in [1.82, 2.24) is 0 Å². The number of ether oxygens (including phenoxy) is 2. The highest BCUT2D eigenvalue weighted by molar-refractivity contribution is 7.47. The maximum absolute atomic E-state index is 12.6. The second-order valence-corrected chi connectivity index (χ2v) is 15.3. The molecule has 11 nitrogen and oxygen atoms in total. The van der Waals surface area contributed by atoms with E-state index in [1.54, 1.807) is 12.2 Å². The summed E-state index contributed by atoms with van der Waals surface area (Å²) in [5, 5.41) is 28.6. The maximum Gasteiger partial charge on any atom is 0.472 e. The fourth-order valence-corrected chi connectivity index (χ4v) is 6.12. The molecule has 1 unspecified atom stereocenters. The smallest absolute Gasteiger partial charge is 0.462 e. The van der Waals surface area contributed by atoms with Gasteiger partial charge in [0, 0.05) is 12.8 Å². The van der Waals surface area contributed by atoms with Gasteiger partial charge in [-0.1, -0.05) is 152 Å². The summed E-state index contributed by atoms with van der Waals surface area (Å²) >= 11 is 0. The lowest BCUT2D eigenvalue weighted by Crippen LogP contribution is -2.30. The van der Waals surface area contributed by atoms with Gasteiger partial charge < -0.3 is 29.7 Å². The van der Waals surface area contributed by atoms with Gasteiger partial charge in [-0.3, -0.25) is 18.6 Å². The topological polar surface area (TPSA) is 169 Å². The largest absolute Gasteiger partial charge is 0.472 e. The number of hydrogen-bond donors (Lipinski definition) is 4. The summed E-state index contributed by atoms with van der Waals surface area (Å²) in [5.41, 5.74) is 0. The van der Waals surface area contributed by atoms with Crippen LogP contribution in [0.5, 0.6) is 0 Å². The van der Waals surface area contributed by atoms with Crippen molar-refractivity contribution in [3.8, 4) is 0 Å². The minimum absolute atomic E-state index is 0.0437. The van der Waals surface area contributed by atoms with E-state index in [4.69, 9.17) is 19.1 Å². The van der Waals surface area contributed by atoms with Crippen molar-refractivity contribution in [1.29, 1.82) is 0 Å². The highest BCUT2D eigenvalue weighted by atomic mass is 31.2. The summed E-state index contributed by atoms with van der Waals surface area (Å²) in [4.78, 5) is 34.9. The molecule has 314 valence electrons. The summed E-state index contributed by atoms with van der Waals surface area (Å²) in [5.74, 6) is -1.13. The first kappa shape index (κ1) is 51.9. The minimum atomic E-state index is -4.67. The summed E-state index contributed by atoms with van der Waals surface area (Å²) in [6.07, 6.45) is 35.3. The van der Waals surface area contributed by atoms with Crippen molar-refractivity contribution in [2.45, 2.75) is 180 Å². The van der Waals surface area contributed by atoms with Crippen LogP contribution in [0.25, 0.3) is 0 Å². The van der Waals surface area contributed by atoms with Gasteiger partial charge in [-0.25, -0.2) is 4.57 Å². The molecule has 54 heavy (non-hydrogen) atoms. The molecule has 0 saturated carbocycles. The van der Waals surface area contributed by atoms with Crippen LogP contribution < -0.4 is 0 Å². The number of phosphoric ester groups is 1. The molecule has 0 heterocycles. The standard InChI is InChI=1S/C42H75O11P/c1-3-5-7-9-11-13-15-17-19-21-23-25-27-30-38(44)31-29-33-42(47)53-40(37-52-54(48,49)51-35-39(45)34-43)36-50-41(46)32-28-26-24-22-20-18-16-14-12-10-8-6-4-2/h11,13,17,19,23,25,27,30,38-40,43-45H,3-10,12,14-16,18,20-22,24,26,28-29,31-37H2,1-2H3,(H,48,49)/b13-11-,19-17-,25-23-,30-27+/t38-,39-,40+/m0/s1. The van der Waals surface area contributed by atoms with E-state index in [2.05, 4.69) is 42.7 Å². The summed E-state index contributed by atoms with van der Waals surface area (Å²) in [6.45, 7) is 2.12. The van der Waals surface area contributed by atoms with Crippen LogP contribution in [0.3, 0.4) is 0 Å². The van der Waals surface area contributed by atoms with Crippen molar-refractivity contribution in [3.63, 3.8) is 0 Å². The van der Waals surface area contributed by atoms with Gasteiger partial charge >= 0.3 is 19.8 Å². The van der Waals surface area contributed by atoms with Gasteiger partial charge in [-0.2, -0.15) is 0 Å². The summed E-state index contributed by atoms with van der Waals surface area (Å²) in [7, 11) is -4.67. The van der Waals surface area contributed by atoms with E-state index in [0.29, 0.717) is 19.3 Å². The Balaban J connectivity index is 4.54. The Labute approximate surface area is 326 Å². The molecule has 4 N–H and O–H groups in total. The van der Waals surface area contributed by atoms with E-state index in [9.17, 15) is 29.3 Å². The number of aliphatic hydroxyl groups excluding tert-OH is 3. The van der Waals surface area contributed by atoms with Crippen molar-refractivity contribution in [3.05, 3.63) is 48.6 Å². The Kier molecular flexibility index (Phi) is 36.3. The average Bonchev–Trinajstić information content (AvgIpc) is 3.15. The van der Waals surface area contributed by atoms with Gasteiger partial charge in [0.1, 0.15) is 12.7 Å². The zero-order valence-electron chi connectivity index (χ0n) is 33.5. The van der Waals surface area contributed by atoms with E-state index >= 15 is 0 Å².